The molecule has 0 saturated carbocycles. The van der Waals surface area contributed by atoms with Gasteiger partial charge >= 0.3 is 0 Å². The summed E-state index contributed by atoms with van der Waals surface area (Å²) >= 11 is 16.3. The van der Waals surface area contributed by atoms with Crippen molar-refractivity contribution in [1.29, 1.82) is 0 Å². The Morgan fingerprint density at radius 3 is 2.50 bits per heavy atom. The number of nitrogens with zero attached hydrogens (tertiary/aromatic N) is 1. The molecule has 0 aliphatic rings. The van der Waals surface area contributed by atoms with Crippen molar-refractivity contribution < 1.29 is 0 Å². The van der Waals surface area contributed by atoms with Gasteiger partial charge in [0.05, 0.1) is 10.7 Å². The minimum atomic E-state index is 0.281. The van der Waals surface area contributed by atoms with Gasteiger partial charge in [-0.1, -0.05) is 35.3 Å². The predicted molar refractivity (Wildman–Crippen MR) is 58.3 cm³/mol. The van der Waals surface area contributed by atoms with Crippen LogP contribution in [0.25, 0.3) is 0 Å². The van der Waals surface area contributed by atoms with Gasteiger partial charge in [-0.25, -0.2) is 0 Å². The summed E-state index contributed by atoms with van der Waals surface area (Å²) in [6, 6.07) is 7.39. The van der Waals surface area contributed by atoms with Crippen LogP contribution in [0.15, 0.2) is 24.3 Å². The zero-order chi connectivity index (χ0) is 9.14. The summed E-state index contributed by atoms with van der Waals surface area (Å²) in [6.45, 7) is 0. The highest BCUT2D eigenvalue weighted by Crippen LogP contribution is 2.24. The monoisotopic (exact) mass is 219 g/mol. The van der Waals surface area contributed by atoms with E-state index in [4.69, 9.17) is 35.4 Å². The van der Waals surface area contributed by atoms with Crippen molar-refractivity contribution in [2.45, 2.75) is 0 Å². The molecule has 0 bridgehead atoms. The third-order valence-corrected chi connectivity index (χ3v) is 2.32. The summed E-state index contributed by atoms with van der Waals surface area (Å²) in [5.74, 6) is 0. The van der Waals surface area contributed by atoms with E-state index in [-0.39, 0.29) is 4.45 Å². The minimum Gasteiger partial charge on any atom is -0.325 e. The summed E-state index contributed by atoms with van der Waals surface area (Å²) in [5, 5.41) is 0.642. The first-order valence-corrected chi connectivity index (χ1v) is 4.47. The van der Waals surface area contributed by atoms with Crippen LogP contribution in [-0.4, -0.2) is 11.5 Å². The van der Waals surface area contributed by atoms with E-state index in [2.05, 4.69) is 0 Å². The van der Waals surface area contributed by atoms with Crippen LogP contribution in [0.4, 0.5) is 5.69 Å². The molecule has 0 unspecified atom stereocenters. The summed E-state index contributed by atoms with van der Waals surface area (Å²) in [5.41, 5.74) is 0.819. The second-order valence-corrected chi connectivity index (χ2v) is 3.64. The second kappa shape index (κ2) is 4.08. The zero-order valence-electron chi connectivity index (χ0n) is 6.42. The smallest absolute Gasteiger partial charge is 0.174 e. The number of halogens is 2. The predicted octanol–water partition coefficient (Wildman–Crippen LogP) is 3.30. The van der Waals surface area contributed by atoms with E-state index in [9.17, 15) is 0 Å². The Hall–Kier alpha value is -0.310. The standard InChI is InChI=1S/C8H7Cl2NS/c1-11(8(10)12)7-5-3-2-4-6(7)9/h2-5H,1H3. The third-order valence-electron chi connectivity index (χ3n) is 1.48. The van der Waals surface area contributed by atoms with Crippen LogP contribution < -0.4 is 4.90 Å². The second-order valence-electron chi connectivity index (χ2n) is 2.26. The van der Waals surface area contributed by atoms with Gasteiger partial charge in [-0.2, -0.15) is 0 Å². The highest BCUT2D eigenvalue weighted by molar-refractivity contribution is 7.83. The van der Waals surface area contributed by atoms with E-state index < -0.39 is 0 Å². The van der Waals surface area contributed by atoms with Crippen molar-refractivity contribution in [3.63, 3.8) is 0 Å². The van der Waals surface area contributed by atoms with Crippen molar-refractivity contribution in [1.82, 2.24) is 0 Å². The number of anilines is 1. The van der Waals surface area contributed by atoms with Gasteiger partial charge in [0.1, 0.15) is 0 Å². The Morgan fingerprint density at radius 2 is 2.00 bits per heavy atom. The molecule has 0 atom stereocenters. The van der Waals surface area contributed by atoms with Crippen molar-refractivity contribution in [3.8, 4) is 0 Å². The fraction of sp³-hybridized carbons (Fsp3) is 0.125. The topological polar surface area (TPSA) is 3.24 Å². The van der Waals surface area contributed by atoms with E-state index in [1.807, 2.05) is 18.2 Å². The molecular weight excluding hydrogens is 213 g/mol. The number of thiocarbonyl (C=S) groups is 1. The largest absolute Gasteiger partial charge is 0.325 e. The maximum atomic E-state index is 5.90. The lowest BCUT2D eigenvalue weighted by Crippen LogP contribution is -2.19. The van der Waals surface area contributed by atoms with Crippen molar-refractivity contribution in [2.75, 3.05) is 11.9 Å². The van der Waals surface area contributed by atoms with E-state index >= 15 is 0 Å². The number of rotatable bonds is 1. The molecule has 0 heterocycles. The van der Waals surface area contributed by atoms with Crippen molar-refractivity contribution >= 4 is 45.6 Å². The fourth-order valence-corrected chi connectivity index (χ4v) is 1.27. The van der Waals surface area contributed by atoms with Crippen LogP contribution in [0.5, 0.6) is 0 Å². The number of benzene rings is 1. The first kappa shape index (κ1) is 9.78. The minimum absolute atomic E-state index is 0.281. The van der Waals surface area contributed by atoms with Crippen LogP contribution in [0.1, 0.15) is 0 Å². The van der Waals surface area contributed by atoms with E-state index in [1.165, 1.54) is 0 Å². The molecule has 64 valence electrons. The fourth-order valence-electron chi connectivity index (χ4n) is 0.818. The average Bonchev–Trinajstić information content (AvgIpc) is 2.04. The first-order chi connectivity index (χ1) is 5.63. The SMILES string of the molecule is CN(C(=S)Cl)c1ccccc1Cl. The van der Waals surface area contributed by atoms with Crippen LogP contribution in [-0.2, 0) is 0 Å². The van der Waals surface area contributed by atoms with Gasteiger partial charge < -0.3 is 4.90 Å². The molecule has 0 aliphatic carbocycles. The van der Waals surface area contributed by atoms with Gasteiger partial charge in [-0.15, -0.1) is 0 Å². The first-order valence-electron chi connectivity index (χ1n) is 3.30. The van der Waals surface area contributed by atoms with Gasteiger partial charge in [0, 0.05) is 7.05 Å². The van der Waals surface area contributed by atoms with Gasteiger partial charge in [-0.3, -0.25) is 0 Å². The molecule has 12 heavy (non-hydrogen) atoms. The van der Waals surface area contributed by atoms with Crippen molar-refractivity contribution in [3.05, 3.63) is 29.3 Å². The lowest BCUT2D eigenvalue weighted by atomic mass is 10.3. The van der Waals surface area contributed by atoms with E-state index in [1.54, 1.807) is 18.0 Å². The molecule has 0 amide bonds. The molecule has 0 N–H and O–H groups in total. The lowest BCUT2D eigenvalue weighted by molar-refractivity contribution is 1.31. The van der Waals surface area contributed by atoms with E-state index in [0.29, 0.717) is 5.02 Å². The van der Waals surface area contributed by atoms with Gasteiger partial charge in [0.25, 0.3) is 0 Å². The number of hydrogen-bond acceptors (Lipinski definition) is 1. The normalized spacial score (nSPS) is 9.58. The van der Waals surface area contributed by atoms with Crippen LogP contribution >= 0.6 is 35.4 Å². The Balaban J connectivity index is 3.02. The highest BCUT2D eigenvalue weighted by Gasteiger charge is 2.06. The number of para-hydroxylation sites is 1. The molecule has 0 fully saturated rings. The lowest BCUT2D eigenvalue weighted by Gasteiger charge is -2.16. The molecule has 1 aromatic carbocycles. The molecule has 1 rings (SSSR count). The highest BCUT2D eigenvalue weighted by atomic mass is 35.5. The maximum Gasteiger partial charge on any atom is 0.174 e. The summed E-state index contributed by atoms with van der Waals surface area (Å²) in [7, 11) is 1.77. The van der Waals surface area contributed by atoms with Crippen LogP contribution in [0, 0.1) is 0 Å². The Bertz CT molecular complexity index is 301. The van der Waals surface area contributed by atoms with E-state index in [0.717, 1.165) is 5.69 Å². The third kappa shape index (κ3) is 2.09. The Labute approximate surface area is 86.9 Å². The van der Waals surface area contributed by atoms with Gasteiger partial charge in [0.2, 0.25) is 0 Å². The molecule has 1 nitrogen and oxygen atoms in total. The van der Waals surface area contributed by atoms with Gasteiger partial charge in [-0.05, 0) is 24.4 Å². The number of hydrogen-bond donors (Lipinski definition) is 0. The summed E-state index contributed by atoms with van der Waals surface area (Å²) < 4.78 is 0.281. The van der Waals surface area contributed by atoms with Crippen LogP contribution in [0.2, 0.25) is 5.02 Å². The quantitative estimate of drug-likeness (QED) is 0.406. The molecule has 0 aliphatic heterocycles. The molecule has 0 spiro atoms. The zero-order valence-corrected chi connectivity index (χ0v) is 8.75. The van der Waals surface area contributed by atoms with Crippen LogP contribution in [0.3, 0.4) is 0 Å². The molecule has 1 aromatic rings. The molecule has 4 heteroatoms. The summed E-state index contributed by atoms with van der Waals surface area (Å²) in [4.78, 5) is 1.65. The molecule has 0 radical (unpaired) electrons. The summed E-state index contributed by atoms with van der Waals surface area (Å²) in [6.07, 6.45) is 0. The Morgan fingerprint density at radius 1 is 1.42 bits per heavy atom. The molecular formula is C8H7Cl2NS. The molecule has 0 saturated heterocycles. The maximum absolute atomic E-state index is 5.90. The average molecular weight is 220 g/mol. The Kier molecular flexibility index (Phi) is 3.32. The molecule has 0 aromatic heterocycles. The van der Waals surface area contributed by atoms with Gasteiger partial charge in [0.15, 0.2) is 4.45 Å². The van der Waals surface area contributed by atoms with Crippen molar-refractivity contribution in [2.24, 2.45) is 0 Å².